The number of pyridine rings is 1. The van der Waals surface area contributed by atoms with Gasteiger partial charge in [-0.3, -0.25) is 4.98 Å². The molecule has 0 unspecified atom stereocenters. The second kappa shape index (κ2) is 6.33. The molecule has 0 bridgehead atoms. The average Bonchev–Trinajstić information content (AvgIpc) is 2.38. The summed E-state index contributed by atoms with van der Waals surface area (Å²) in [5.74, 6) is -0.487. The van der Waals surface area contributed by atoms with Crippen molar-refractivity contribution in [3.8, 4) is 0 Å². The highest BCUT2D eigenvalue weighted by molar-refractivity contribution is 7.99. The van der Waals surface area contributed by atoms with Gasteiger partial charge in [0.2, 0.25) is 0 Å². The highest BCUT2D eigenvalue weighted by Gasteiger charge is 2.16. The van der Waals surface area contributed by atoms with Gasteiger partial charge in [0.25, 0.3) is 0 Å². The van der Waals surface area contributed by atoms with Crippen molar-refractivity contribution in [2.24, 2.45) is 0 Å². The van der Waals surface area contributed by atoms with E-state index in [0.717, 1.165) is 5.69 Å². The van der Waals surface area contributed by atoms with Gasteiger partial charge in [-0.05, 0) is 25.5 Å². The first kappa shape index (κ1) is 14.3. The molecule has 2 aromatic heterocycles. The molecule has 0 amide bonds. The van der Waals surface area contributed by atoms with Crippen molar-refractivity contribution in [1.29, 1.82) is 0 Å². The molecule has 104 valence electrons. The zero-order valence-corrected chi connectivity index (χ0v) is 11.6. The van der Waals surface area contributed by atoms with Crippen molar-refractivity contribution in [2.45, 2.75) is 18.4 Å². The summed E-state index contributed by atoms with van der Waals surface area (Å²) in [5.41, 5.74) is 0.750. The zero-order valence-electron chi connectivity index (χ0n) is 10.8. The molecule has 20 heavy (non-hydrogen) atoms. The number of carbonyl (C=O) groups is 1. The Hall–Kier alpha value is -2.15. The molecule has 2 heterocycles. The van der Waals surface area contributed by atoms with E-state index in [2.05, 4.69) is 15.0 Å². The summed E-state index contributed by atoms with van der Waals surface area (Å²) in [6, 6.07) is 5.63. The predicted octanol–water partition coefficient (Wildman–Crippen LogP) is 1.51. The van der Waals surface area contributed by atoms with E-state index in [4.69, 9.17) is 5.11 Å². The molecule has 0 atom stereocenters. The van der Waals surface area contributed by atoms with Gasteiger partial charge in [0, 0.05) is 23.3 Å². The maximum atomic E-state index is 11.3. The van der Waals surface area contributed by atoms with Crippen molar-refractivity contribution in [3.05, 3.63) is 51.8 Å². The van der Waals surface area contributed by atoms with Gasteiger partial charge in [0.1, 0.15) is 10.6 Å². The number of nitrogens with zero attached hydrogens (tertiary/aromatic N) is 2. The summed E-state index contributed by atoms with van der Waals surface area (Å²) in [6.07, 6.45) is 2.39. The van der Waals surface area contributed by atoms with Crippen molar-refractivity contribution >= 4 is 17.7 Å². The van der Waals surface area contributed by atoms with Crippen molar-refractivity contribution in [1.82, 2.24) is 15.0 Å². The number of aromatic carboxylic acids is 1. The third kappa shape index (κ3) is 3.45. The molecule has 2 aromatic rings. The second-order valence-electron chi connectivity index (χ2n) is 4.07. The summed E-state index contributed by atoms with van der Waals surface area (Å²) in [5, 5.41) is 9.41. The molecule has 0 aliphatic heterocycles. The van der Waals surface area contributed by atoms with E-state index >= 15 is 0 Å². The molecular formula is C13H13N3O3S. The van der Waals surface area contributed by atoms with Crippen LogP contribution >= 0.6 is 11.8 Å². The third-order valence-electron chi connectivity index (χ3n) is 2.62. The number of hydrogen-bond acceptors (Lipinski definition) is 5. The van der Waals surface area contributed by atoms with Crippen LogP contribution in [0.25, 0.3) is 0 Å². The highest BCUT2D eigenvalue weighted by atomic mass is 32.2. The fourth-order valence-electron chi connectivity index (χ4n) is 1.71. The summed E-state index contributed by atoms with van der Waals surface area (Å²) < 4.78 is 0. The number of nitrogens with one attached hydrogen (secondary N) is 1. The number of thioether (sulfide) groups is 1. The lowest BCUT2D eigenvalue weighted by atomic mass is 10.2. The van der Waals surface area contributed by atoms with Gasteiger partial charge >= 0.3 is 11.7 Å². The number of hydrogen-bond donors (Lipinski definition) is 2. The first-order valence-electron chi connectivity index (χ1n) is 5.95. The molecule has 7 heteroatoms. The summed E-state index contributed by atoms with van der Waals surface area (Å²) in [4.78, 5) is 32.9. The van der Waals surface area contributed by atoms with E-state index in [1.165, 1.54) is 11.8 Å². The third-order valence-corrected chi connectivity index (χ3v) is 3.60. The number of carboxylic acids is 1. The van der Waals surface area contributed by atoms with E-state index in [1.54, 1.807) is 13.1 Å². The van der Waals surface area contributed by atoms with Gasteiger partial charge in [0.15, 0.2) is 0 Å². The van der Waals surface area contributed by atoms with Crippen LogP contribution in [0.4, 0.5) is 0 Å². The van der Waals surface area contributed by atoms with Crippen molar-refractivity contribution < 1.29 is 9.90 Å². The quantitative estimate of drug-likeness (QED) is 0.640. The van der Waals surface area contributed by atoms with Crippen LogP contribution in [0, 0.1) is 6.92 Å². The molecule has 0 aromatic carbocycles. The van der Waals surface area contributed by atoms with Crippen LogP contribution in [-0.4, -0.2) is 31.8 Å². The monoisotopic (exact) mass is 291 g/mol. The van der Waals surface area contributed by atoms with Gasteiger partial charge in [0.05, 0.1) is 0 Å². The fraction of sp³-hybridized carbons (Fsp3) is 0.231. The standard InChI is InChI=1S/C13H13N3O3S/c1-8-10(12(17)18)11(16-13(19)15-8)20-7-5-9-4-2-3-6-14-9/h2-4,6H,5,7H2,1H3,(H,17,18)(H,15,16,19). The normalized spacial score (nSPS) is 10.4. The number of H-pyrrole nitrogens is 1. The average molecular weight is 291 g/mol. The lowest BCUT2D eigenvalue weighted by molar-refractivity contribution is 0.0690. The number of aromatic amines is 1. The highest BCUT2D eigenvalue weighted by Crippen LogP contribution is 2.21. The van der Waals surface area contributed by atoms with E-state index in [1.807, 2.05) is 18.2 Å². The molecule has 2 N–H and O–H groups in total. The number of carboxylic acid groups (broad SMARTS) is 1. The van der Waals surface area contributed by atoms with Crippen LogP contribution in [0.3, 0.4) is 0 Å². The molecule has 6 nitrogen and oxygen atoms in total. The van der Waals surface area contributed by atoms with Crippen LogP contribution in [0.15, 0.2) is 34.2 Å². The summed E-state index contributed by atoms with van der Waals surface area (Å²) in [6.45, 7) is 1.55. The maximum Gasteiger partial charge on any atom is 0.346 e. The Morgan fingerprint density at radius 2 is 2.25 bits per heavy atom. The number of rotatable bonds is 5. The Balaban J connectivity index is 2.13. The Morgan fingerprint density at radius 3 is 2.90 bits per heavy atom. The van der Waals surface area contributed by atoms with Crippen molar-refractivity contribution in [3.63, 3.8) is 0 Å². The molecule has 0 saturated carbocycles. The molecule has 0 fully saturated rings. The summed E-state index contributed by atoms with van der Waals surface area (Å²) in [7, 11) is 0. The second-order valence-corrected chi connectivity index (χ2v) is 5.16. The predicted molar refractivity (Wildman–Crippen MR) is 75.2 cm³/mol. The first-order chi connectivity index (χ1) is 9.58. The largest absolute Gasteiger partial charge is 0.478 e. The lowest BCUT2D eigenvalue weighted by Crippen LogP contribution is -2.18. The van der Waals surface area contributed by atoms with E-state index < -0.39 is 11.7 Å². The van der Waals surface area contributed by atoms with Crippen LogP contribution < -0.4 is 5.69 Å². The van der Waals surface area contributed by atoms with Gasteiger partial charge in [-0.25, -0.2) is 9.59 Å². The minimum absolute atomic E-state index is 0.0515. The molecule has 0 saturated heterocycles. The number of aromatic nitrogens is 3. The zero-order chi connectivity index (χ0) is 14.5. The fourth-order valence-corrected chi connectivity index (χ4v) is 2.75. The van der Waals surface area contributed by atoms with Crippen LogP contribution in [0.2, 0.25) is 0 Å². The molecule has 2 rings (SSSR count). The molecule has 0 spiro atoms. The van der Waals surface area contributed by atoms with Crippen molar-refractivity contribution in [2.75, 3.05) is 5.75 Å². The van der Waals surface area contributed by atoms with E-state index in [9.17, 15) is 9.59 Å². The molecule has 0 aliphatic carbocycles. The van der Waals surface area contributed by atoms with E-state index in [-0.39, 0.29) is 10.6 Å². The molecule has 0 radical (unpaired) electrons. The van der Waals surface area contributed by atoms with E-state index in [0.29, 0.717) is 17.9 Å². The van der Waals surface area contributed by atoms with Crippen LogP contribution in [0.5, 0.6) is 0 Å². The number of aryl methyl sites for hydroxylation is 2. The Morgan fingerprint density at radius 1 is 1.45 bits per heavy atom. The van der Waals surface area contributed by atoms with Crippen LogP contribution in [0.1, 0.15) is 21.7 Å². The van der Waals surface area contributed by atoms with Gasteiger partial charge in [-0.15, -0.1) is 11.8 Å². The van der Waals surface area contributed by atoms with Gasteiger partial charge < -0.3 is 10.1 Å². The lowest BCUT2D eigenvalue weighted by Gasteiger charge is -2.06. The minimum Gasteiger partial charge on any atom is -0.478 e. The SMILES string of the molecule is Cc1[nH]c(=O)nc(SCCc2ccccn2)c1C(=O)O. The topological polar surface area (TPSA) is 95.9 Å². The van der Waals surface area contributed by atoms with Gasteiger partial charge in [-0.2, -0.15) is 4.98 Å². The Kier molecular flexibility index (Phi) is 4.52. The Bertz CT molecular complexity index is 670. The smallest absolute Gasteiger partial charge is 0.346 e. The van der Waals surface area contributed by atoms with Gasteiger partial charge in [-0.1, -0.05) is 6.07 Å². The first-order valence-corrected chi connectivity index (χ1v) is 6.93. The van der Waals surface area contributed by atoms with Crippen LogP contribution in [-0.2, 0) is 6.42 Å². The minimum atomic E-state index is -1.09. The molecular weight excluding hydrogens is 278 g/mol. The molecule has 0 aliphatic rings. The summed E-state index contributed by atoms with van der Waals surface area (Å²) >= 11 is 1.25. The Labute approximate surface area is 119 Å². The maximum absolute atomic E-state index is 11.3.